The van der Waals surface area contributed by atoms with Crippen LogP contribution in [0, 0.1) is 12.3 Å². The quantitative estimate of drug-likeness (QED) is 0.684. The van der Waals surface area contributed by atoms with E-state index in [2.05, 4.69) is 26.5 Å². The van der Waals surface area contributed by atoms with Crippen molar-refractivity contribution in [3.05, 3.63) is 10.8 Å². The van der Waals surface area contributed by atoms with Crippen molar-refractivity contribution in [1.29, 1.82) is 0 Å². The van der Waals surface area contributed by atoms with Gasteiger partial charge in [-0.25, -0.2) is 0 Å². The lowest BCUT2D eigenvalue weighted by Crippen LogP contribution is -2.13. The normalized spacial score (nSPS) is 16.8. The summed E-state index contributed by atoms with van der Waals surface area (Å²) in [5, 5.41) is 17.3. The fourth-order valence-electron chi connectivity index (χ4n) is 2.60. The third kappa shape index (κ3) is 2.62. The minimum Gasteiger partial charge on any atom is -0.300 e. The fraction of sp³-hybridized carbons (Fsp3) is 0.615. The molecule has 0 radical (unpaired) electrons. The number of terminal acetylenes is 1. The molecule has 1 aliphatic carbocycles. The first-order valence-electron chi connectivity index (χ1n) is 6.73. The summed E-state index contributed by atoms with van der Waals surface area (Å²) >= 11 is 1.58. The molecule has 100 valence electrons. The van der Waals surface area contributed by atoms with Crippen molar-refractivity contribution in [2.45, 2.75) is 44.6 Å². The van der Waals surface area contributed by atoms with E-state index < -0.39 is 0 Å². The Bertz CT molecular complexity index is 588. The molecule has 1 fully saturated rings. The minimum absolute atomic E-state index is 0.525. The van der Waals surface area contributed by atoms with Gasteiger partial charge in [0.15, 0.2) is 5.82 Å². The van der Waals surface area contributed by atoms with Gasteiger partial charge in [0.2, 0.25) is 4.96 Å². The Morgan fingerprint density at radius 3 is 2.95 bits per heavy atom. The van der Waals surface area contributed by atoms with E-state index in [0.29, 0.717) is 19.0 Å². The highest BCUT2D eigenvalue weighted by Gasteiger charge is 2.22. The molecule has 2 heterocycles. The predicted octanol–water partition coefficient (Wildman–Crippen LogP) is 1.96. The van der Waals surface area contributed by atoms with E-state index in [1.165, 1.54) is 32.1 Å². The van der Waals surface area contributed by atoms with Crippen LogP contribution in [0.2, 0.25) is 0 Å². The molecular weight excluding hydrogens is 258 g/mol. The first kappa shape index (κ1) is 12.6. The maximum atomic E-state index is 5.21. The number of hydrogen-bond acceptors (Lipinski definition) is 5. The Morgan fingerprint density at radius 1 is 1.32 bits per heavy atom. The Morgan fingerprint density at radius 2 is 2.16 bits per heavy atom. The first-order chi connectivity index (χ1) is 9.38. The van der Waals surface area contributed by atoms with E-state index in [-0.39, 0.29) is 0 Å². The SMILES string of the molecule is C#CCNCc1nn2c(C3CCCCC3)nnc2s1. The van der Waals surface area contributed by atoms with E-state index in [4.69, 9.17) is 6.42 Å². The molecule has 3 rings (SSSR count). The molecule has 2 aromatic rings. The second-order valence-electron chi connectivity index (χ2n) is 4.89. The maximum absolute atomic E-state index is 5.21. The third-order valence-electron chi connectivity index (χ3n) is 3.53. The van der Waals surface area contributed by atoms with E-state index in [9.17, 15) is 0 Å². The topological polar surface area (TPSA) is 55.1 Å². The molecule has 2 aromatic heterocycles. The molecule has 0 spiro atoms. The molecular formula is C13H17N5S. The molecule has 5 nitrogen and oxygen atoms in total. The Balaban J connectivity index is 1.79. The zero-order valence-corrected chi connectivity index (χ0v) is 11.6. The maximum Gasteiger partial charge on any atom is 0.234 e. The molecule has 1 N–H and O–H groups in total. The summed E-state index contributed by atoms with van der Waals surface area (Å²) in [6.07, 6.45) is 11.6. The van der Waals surface area contributed by atoms with Gasteiger partial charge in [-0.1, -0.05) is 36.5 Å². The lowest BCUT2D eigenvalue weighted by atomic mass is 9.89. The van der Waals surface area contributed by atoms with Gasteiger partial charge in [-0.3, -0.25) is 5.32 Å². The smallest absolute Gasteiger partial charge is 0.234 e. The number of fused-ring (bicyclic) bond motifs is 1. The van der Waals surface area contributed by atoms with Crippen molar-refractivity contribution in [2.75, 3.05) is 6.54 Å². The molecule has 0 aromatic carbocycles. The van der Waals surface area contributed by atoms with Crippen molar-refractivity contribution in [3.63, 3.8) is 0 Å². The van der Waals surface area contributed by atoms with E-state index in [1.54, 1.807) is 11.3 Å². The molecule has 19 heavy (non-hydrogen) atoms. The fourth-order valence-corrected chi connectivity index (χ4v) is 3.41. The zero-order valence-electron chi connectivity index (χ0n) is 10.8. The number of aromatic nitrogens is 4. The van der Waals surface area contributed by atoms with Crippen molar-refractivity contribution in [1.82, 2.24) is 25.1 Å². The summed E-state index contributed by atoms with van der Waals surface area (Å²) in [5.74, 6) is 4.12. The highest BCUT2D eigenvalue weighted by molar-refractivity contribution is 7.16. The number of hydrogen-bond donors (Lipinski definition) is 1. The van der Waals surface area contributed by atoms with E-state index >= 15 is 0 Å². The van der Waals surface area contributed by atoms with E-state index in [0.717, 1.165) is 15.8 Å². The van der Waals surface area contributed by atoms with Crippen molar-refractivity contribution < 1.29 is 0 Å². The average Bonchev–Trinajstić information content (AvgIpc) is 3.00. The van der Waals surface area contributed by atoms with Gasteiger partial charge in [0, 0.05) is 5.92 Å². The lowest BCUT2D eigenvalue weighted by Gasteiger charge is -2.18. The van der Waals surface area contributed by atoms with Gasteiger partial charge in [0.05, 0.1) is 13.1 Å². The zero-order chi connectivity index (χ0) is 13.1. The molecule has 0 aliphatic heterocycles. The van der Waals surface area contributed by atoms with Crippen LogP contribution in [-0.2, 0) is 6.54 Å². The molecule has 0 atom stereocenters. The Labute approximate surface area is 116 Å². The third-order valence-corrected chi connectivity index (χ3v) is 4.43. The molecule has 6 heteroatoms. The second-order valence-corrected chi connectivity index (χ2v) is 5.93. The summed E-state index contributed by atoms with van der Waals surface area (Å²) in [4.78, 5) is 0.887. The van der Waals surface area contributed by atoms with Crippen LogP contribution in [-0.4, -0.2) is 26.4 Å². The lowest BCUT2D eigenvalue weighted by molar-refractivity contribution is 0.423. The van der Waals surface area contributed by atoms with Crippen LogP contribution in [0.3, 0.4) is 0 Å². The molecule has 0 saturated heterocycles. The van der Waals surface area contributed by atoms with Crippen LogP contribution in [0.4, 0.5) is 0 Å². The monoisotopic (exact) mass is 275 g/mol. The standard InChI is InChI=1S/C13H17N5S/c1-2-8-14-9-11-17-18-12(15-16-13(18)19-11)10-6-4-3-5-7-10/h1,10,14H,3-9H2. The average molecular weight is 275 g/mol. The van der Waals surface area contributed by atoms with Crippen molar-refractivity contribution in [3.8, 4) is 12.3 Å². The van der Waals surface area contributed by atoms with Gasteiger partial charge in [-0.2, -0.15) is 9.61 Å². The number of nitrogens with one attached hydrogen (secondary N) is 1. The van der Waals surface area contributed by atoms with Crippen LogP contribution in [0.25, 0.3) is 4.96 Å². The Kier molecular flexibility index (Phi) is 3.76. The van der Waals surface area contributed by atoms with Crippen LogP contribution < -0.4 is 5.32 Å². The first-order valence-corrected chi connectivity index (χ1v) is 7.55. The molecule has 1 saturated carbocycles. The van der Waals surface area contributed by atoms with Crippen LogP contribution >= 0.6 is 11.3 Å². The summed E-state index contributed by atoms with van der Waals surface area (Å²) in [7, 11) is 0. The largest absolute Gasteiger partial charge is 0.300 e. The summed E-state index contributed by atoms with van der Waals surface area (Å²) < 4.78 is 1.92. The Hall–Kier alpha value is -1.45. The van der Waals surface area contributed by atoms with Crippen molar-refractivity contribution >= 4 is 16.3 Å². The molecule has 0 bridgehead atoms. The number of rotatable bonds is 4. The van der Waals surface area contributed by atoms with Crippen LogP contribution in [0.15, 0.2) is 0 Å². The highest BCUT2D eigenvalue weighted by atomic mass is 32.1. The molecule has 0 unspecified atom stereocenters. The van der Waals surface area contributed by atoms with E-state index in [1.807, 2.05) is 4.52 Å². The van der Waals surface area contributed by atoms with Gasteiger partial charge in [-0.15, -0.1) is 16.6 Å². The summed E-state index contributed by atoms with van der Waals surface area (Å²) in [5.41, 5.74) is 0. The van der Waals surface area contributed by atoms with Gasteiger partial charge in [0.25, 0.3) is 0 Å². The van der Waals surface area contributed by atoms with Gasteiger partial charge in [0.1, 0.15) is 5.01 Å². The number of nitrogens with zero attached hydrogens (tertiary/aromatic N) is 4. The molecule has 0 amide bonds. The minimum atomic E-state index is 0.525. The summed E-state index contributed by atoms with van der Waals surface area (Å²) in [6, 6.07) is 0. The van der Waals surface area contributed by atoms with Crippen LogP contribution in [0.1, 0.15) is 48.9 Å². The highest BCUT2D eigenvalue weighted by Crippen LogP contribution is 2.32. The molecule has 1 aliphatic rings. The van der Waals surface area contributed by atoms with Crippen molar-refractivity contribution in [2.24, 2.45) is 0 Å². The predicted molar refractivity (Wildman–Crippen MR) is 75.0 cm³/mol. The summed E-state index contributed by atoms with van der Waals surface area (Å²) in [6.45, 7) is 1.26. The van der Waals surface area contributed by atoms with Crippen LogP contribution in [0.5, 0.6) is 0 Å². The van der Waals surface area contributed by atoms with Gasteiger partial charge in [-0.05, 0) is 12.8 Å². The van der Waals surface area contributed by atoms with Gasteiger partial charge >= 0.3 is 0 Å². The van der Waals surface area contributed by atoms with Gasteiger partial charge < -0.3 is 0 Å². The second kappa shape index (κ2) is 5.68.